The number of rotatable bonds is 4. The summed E-state index contributed by atoms with van der Waals surface area (Å²) in [5.74, 6) is 1.35. The predicted molar refractivity (Wildman–Crippen MR) is 96.0 cm³/mol. The number of nitrogens with zero attached hydrogens (tertiary/aromatic N) is 2. The van der Waals surface area contributed by atoms with Crippen LogP contribution in [-0.2, 0) is 0 Å². The monoisotopic (exact) mass is 329 g/mol. The first kappa shape index (κ1) is 16.2. The molecule has 0 aliphatic carbocycles. The van der Waals surface area contributed by atoms with Crippen molar-refractivity contribution < 1.29 is 9.47 Å². The van der Waals surface area contributed by atoms with E-state index in [4.69, 9.17) is 14.7 Å². The average Bonchev–Trinajstić information content (AvgIpc) is 3.08. The van der Waals surface area contributed by atoms with Crippen molar-refractivity contribution in [3.8, 4) is 23.6 Å². The third kappa shape index (κ3) is 3.04. The van der Waals surface area contributed by atoms with Crippen molar-refractivity contribution in [3.63, 3.8) is 0 Å². The van der Waals surface area contributed by atoms with E-state index in [1.165, 1.54) is 0 Å². The van der Waals surface area contributed by atoms with Crippen LogP contribution < -0.4 is 9.47 Å². The van der Waals surface area contributed by atoms with Crippen molar-refractivity contribution in [2.45, 2.75) is 0 Å². The Kier molecular flexibility index (Phi) is 4.41. The molecule has 0 bridgehead atoms. The lowest BCUT2D eigenvalue weighted by Crippen LogP contribution is -1.89. The fourth-order valence-electron chi connectivity index (χ4n) is 2.70. The van der Waals surface area contributed by atoms with E-state index in [0.29, 0.717) is 22.4 Å². The molecule has 3 aromatic rings. The summed E-state index contributed by atoms with van der Waals surface area (Å²) in [6.07, 6.45) is 3.52. The Morgan fingerprint density at radius 1 is 1.08 bits per heavy atom. The quantitative estimate of drug-likeness (QED) is 0.730. The number of allylic oxidation sites excluding steroid dienone is 1. The highest BCUT2D eigenvalue weighted by Crippen LogP contribution is 2.31. The molecule has 1 N–H and O–H groups in total. The lowest BCUT2D eigenvalue weighted by atomic mass is 10.0. The summed E-state index contributed by atoms with van der Waals surface area (Å²) in [4.78, 5) is 3.16. The molecule has 0 saturated carbocycles. The molecule has 5 heteroatoms. The van der Waals surface area contributed by atoms with Crippen molar-refractivity contribution in [3.05, 3.63) is 59.3 Å². The van der Waals surface area contributed by atoms with Gasteiger partial charge in [0.15, 0.2) is 0 Å². The predicted octanol–water partition coefficient (Wildman–Crippen LogP) is 4.12. The lowest BCUT2D eigenvalue weighted by molar-refractivity contribution is 0.414. The van der Waals surface area contributed by atoms with Crippen LogP contribution in [0.1, 0.15) is 16.7 Å². The Morgan fingerprint density at radius 2 is 1.92 bits per heavy atom. The second-order valence-electron chi connectivity index (χ2n) is 5.35. The second kappa shape index (κ2) is 6.82. The number of hydrogen-bond donors (Lipinski definition) is 1. The van der Waals surface area contributed by atoms with Crippen molar-refractivity contribution in [1.29, 1.82) is 10.5 Å². The highest BCUT2D eigenvalue weighted by atomic mass is 16.5. The number of fused-ring (bicyclic) bond motifs is 1. The molecular formula is C20H15N3O2. The molecule has 3 rings (SSSR count). The molecule has 1 heterocycles. The SMILES string of the molecule is COc1ccc2c(/C(C#N)=C/c3cc(C#N)ccc3OC)c[nH]c2c1. The average molecular weight is 329 g/mol. The minimum Gasteiger partial charge on any atom is -0.497 e. The van der Waals surface area contributed by atoms with Crippen LogP contribution >= 0.6 is 0 Å². The van der Waals surface area contributed by atoms with Crippen molar-refractivity contribution in [2.24, 2.45) is 0 Å². The summed E-state index contributed by atoms with van der Waals surface area (Å²) >= 11 is 0. The van der Waals surface area contributed by atoms with E-state index in [-0.39, 0.29) is 0 Å². The number of benzene rings is 2. The smallest absolute Gasteiger partial charge is 0.126 e. The fraction of sp³-hybridized carbons (Fsp3) is 0.100. The Bertz CT molecular complexity index is 1050. The maximum atomic E-state index is 9.65. The molecule has 0 amide bonds. The summed E-state index contributed by atoms with van der Waals surface area (Å²) in [6.45, 7) is 0. The molecule has 0 atom stereocenters. The Labute approximate surface area is 145 Å². The number of methoxy groups -OCH3 is 2. The zero-order valence-corrected chi connectivity index (χ0v) is 13.8. The molecule has 0 fully saturated rings. The molecule has 0 radical (unpaired) electrons. The van der Waals surface area contributed by atoms with E-state index in [9.17, 15) is 5.26 Å². The molecule has 5 nitrogen and oxygen atoms in total. The van der Waals surface area contributed by atoms with Gasteiger partial charge >= 0.3 is 0 Å². The van der Waals surface area contributed by atoms with E-state index < -0.39 is 0 Å². The van der Waals surface area contributed by atoms with E-state index in [2.05, 4.69) is 17.1 Å². The van der Waals surface area contributed by atoms with Gasteiger partial charge in [-0.05, 0) is 36.4 Å². The fourth-order valence-corrected chi connectivity index (χ4v) is 2.70. The number of aromatic nitrogens is 1. The van der Waals surface area contributed by atoms with Gasteiger partial charge in [0, 0.05) is 34.3 Å². The minimum absolute atomic E-state index is 0.477. The molecule has 0 aliphatic rings. The highest BCUT2D eigenvalue weighted by Gasteiger charge is 2.11. The first-order chi connectivity index (χ1) is 12.2. The van der Waals surface area contributed by atoms with Gasteiger partial charge in [-0.2, -0.15) is 10.5 Å². The highest BCUT2D eigenvalue weighted by molar-refractivity contribution is 6.01. The molecule has 0 aliphatic heterocycles. The maximum absolute atomic E-state index is 9.65. The van der Waals surface area contributed by atoms with Gasteiger partial charge in [-0.3, -0.25) is 0 Å². The van der Waals surface area contributed by atoms with Crippen LogP contribution in [0.4, 0.5) is 0 Å². The number of ether oxygens (including phenoxy) is 2. The number of H-pyrrole nitrogens is 1. The number of aromatic amines is 1. The Hall–Kier alpha value is -3.70. The first-order valence-electron chi connectivity index (χ1n) is 7.55. The van der Waals surface area contributed by atoms with E-state index in [1.807, 2.05) is 18.2 Å². The van der Waals surface area contributed by atoms with Gasteiger partial charge in [0.2, 0.25) is 0 Å². The standard InChI is InChI=1S/C20H15N3O2/c1-24-16-4-5-17-18(12-23-19(17)9-16)15(11-22)8-14-7-13(10-21)3-6-20(14)25-2/h3-9,12,23H,1-2H3/b15-8+. The van der Waals surface area contributed by atoms with Crippen molar-refractivity contribution in [2.75, 3.05) is 14.2 Å². The molecular weight excluding hydrogens is 314 g/mol. The molecule has 0 saturated heterocycles. The van der Waals surface area contributed by atoms with Gasteiger partial charge in [-0.1, -0.05) is 0 Å². The van der Waals surface area contributed by atoms with Crippen LogP contribution in [0.5, 0.6) is 11.5 Å². The molecule has 0 unspecified atom stereocenters. The Morgan fingerprint density at radius 3 is 2.60 bits per heavy atom. The number of nitrogens with one attached hydrogen (secondary N) is 1. The maximum Gasteiger partial charge on any atom is 0.126 e. The van der Waals surface area contributed by atoms with E-state index in [1.54, 1.807) is 44.7 Å². The first-order valence-corrected chi connectivity index (χ1v) is 7.55. The minimum atomic E-state index is 0.477. The summed E-state index contributed by atoms with van der Waals surface area (Å²) in [5, 5.41) is 19.7. The number of nitriles is 2. The number of hydrogen-bond acceptors (Lipinski definition) is 4. The van der Waals surface area contributed by atoms with Crippen LogP contribution in [0, 0.1) is 22.7 Å². The van der Waals surface area contributed by atoms with Gasteiger partial charge in [0.05, 0.1) is 37.5 Å². The lowest BCUT2D eigenvalue weighted by Gasteiger charge is -2.06. The third-order valence-corrected chi connectivity index (χ3v) is 3.96. The van der Waals surface area contributed by atoms with Gasteiger partial charge in [-0.25, -0.2) is 0 Å². The van der Waals surface area contributed by atoms with Crippen LogP contribution in [0.25, 0.3) is 22.6 Å². The Balaban J connectivity index is 2.14. The van der Waals surface area contributed by atoms with Crippen LogP contribution in [0.15, 0.2) is 42.6 Å². The second-order valence-corrected chi connectivity index (χ2v) is 5.35. The van der Waals surface area contributed by atoms with Crippen LogP contribution in [0.3, 0.4) is 0 Å². The zero-order valence-electron chi connectivity index (χ0n) is 13.8. The summed E-state index contributed by atoms with van der Waals surface area (Å²) in [5.41, 5.74) is 3.33. The van der Waals surface area contributed by atoms with Gasteiger partial charge in [0.25, 0.3) is 0 Å². The van der Waals surface area contributed by atoms with E-state index >= 15 is 0 Å². The van der Waals surface area contributed by atoms with Gasteiger partial charge in [0.1, 0.15) is 11.5 Å². The van der Waals surface area contributed by atoms with Gasteiger partial charge in [-0.15, -0.1) is 0 Å². The van der Waals surface area contributed by atoms with Crippen LogP contribution in [0.2, 0.25) is 0 Å². The normalized spacial score (nSPS) is 11.0. The summed E-state index contributed by atoms with van der Waals surface area (Å²) in [6, 6.07) is 15.1. The molecule has 2 aromatic carbocycles. The van der Waals surface area contributed by atoms with Crippen LogP contribution in [-0.4, -0.2) is 19.2 Å². The molecule has 1 aromatic heterocycles. The summed E-state index contributed by atoms with van der Waals surface area (Å²) < 4.78 is 10.6. The molecule has 0 spiro atoms. The third-order valence-electron chi connectivity index (χ3n) is 3.96. The topological polar surface area (TPSA) is 81.8 Å². The molecule has 122 valence electrons. The summed E-state index contributed by atoms with van der Waals surface area (Å²) in [7, 11) is 3.17. The van der Waals surface area contributed by atoms with E-state index in [0.717, 1.165) is 22.2 Å². The van der Waals surface area contributed by atoms with Crippen molar-refractivity contribution in [1.82, 2.24) is 4.98 Å². The van der Waals surface area contributed by atoms with Crippen molar-refractivity contribution >= 4 is 22.6 Å². The zero-order chi connectivity index (χ0) is 17.8. The van der Waals surface area contributed by atoms with Gasteiger partial charge < -0.3 is 14.5 Å². The largest absolute Gasteiger partial charge is 0.497 e. The molecule has 25 heavy (non-hydrogen) atoms.